The van der Waals surface area contributed by atoms with Crippen LogP contribution in [0.4, 0.5) is 0 Å². The molecule has 0 atom stereocenters. The first kappa shape index (κ1) is 13.4. The van der Waals surface area contributed by atoms with Gasteiger partial charge in [-0.1, -0.05) is 35.5 Å². The maximum atomic E-state index is 8.81. The molecular weight excluding hydrogens is 240 g/mol. The minimum Gasteiger partial charge on any atom is -0.468 e. The Hall–Kier alpha value is -2.07. The highest BCUT2D eigenvalue weighted by atomic mass is 16.4. The molecule has 0 saturated carbocycles. The van der Waals surface area contributed by atoms with Gasteiger partial charge in [0.25, 0.3) is 0 Å². The number of rotatable bonds is 6. The van der Waals surface area contributed by atoms with E-state index in [1.165, 1.54) is 5.56 Å². The molecule has 100 valence electrons. The van der Waals surface area contributed by atoms with Gasteiger partial charge in [0.2, 0.25) is 0 Å². The molecule has 1 heterocycles. The third-order valence-corrected chi connectivity index (χ3v) is 2.83. The van der Waals surface area contributed by atoms with E-state index in [1.54, 1.807) is 13.2 Å². The molecule has 1 aromatic heterocycles. The van der Waals surface area contributed by atoms with Crippen LogP contribution in [0.2, 0.25) is 0 Å². The summed E-state index contributed by atoms with van der Waals surface area (Å²) >= 11 is 0. The fourth-order valence-electron chi connectivity index (χ4n) is 1.99. The highest BCUT2D eigenvalue weighted by Crippen LogP contribution is 2.10. The van der Waals surface area contributed by atoms with Gasteiger partial charge < -0.3 is 9.62 Å². The van der Waals surface area contributed by atoms with Crippen molar-refractivity contribution >= 4 is 5.71 Å². The molecule has 0 aliphatic carbocycles. The summed E-state index contributed by atoms with van der Waals surface area (Å²) in [6, 6.07) is 14.0. The van der Waals surface area contributed by atoms with Crippen molar-refractivity contribution in [1.29, 1.82) is 0 Å². The van der Waals surface area contributed by atoms with Crippen molar-refractivity contribution in [3.63, 3.8) is 0 Å². The Bertz CT molecular complexity index is 506. The Kier molecular flexibility index (Phi) is 4.75. The topological polar surface area (TPSA) is 49.0 Å². The van der Waals surface area contributed by atoms with Crippen LogP contribution in [-0.2, 0) is 13.1 Å². The second-order valence-electron chi connectivity index (χ2n) is 4.55. The van der Waals surface area contributed by atoms with E-state index in [-0.39, 0.29) is 0 Å². The van der Waals surface area contributed by atoms with Crippen molar-refractivity contribution in [3.05, 3.63) is 60.1 Å². The van der Waals surface area contributed by atoms with Crippen molar-refractivity contribution < 1.29 is 9.62 Å². The van der Waals surface area contributed by atoms with E-state index in [2.05, 4.69) is 22.2 Å². The van der Waals surface area contributed by atoms with Gasteiger partial charge in [-0.15, -0.1) is 0 Å². The van der Waals surface area contributed by atoms with Crippen LogP contribution >= 0.6 is 0 Å². The quantitative estimate of drug-likeness (QED) is 0.492. The van der Waals surface area contributed by atoms with E-state index < -0.39 is 0 Å². The summed E-state index contributed by atoms with van der Waals surface area (Å²) in [5.74, 6) is 0.904. The van der Waals surface area contributed by atoms with E-state index in [0.717, 1.165) is 12.3 Å². The normalized spacial score (nSPS) is 12.0. The highest BCUT2D eigenvalue weighted by molar-refractivity contribution is 5.83. The molecule has 1 aromatic carbocycles. The molecule has 0 aliphatic heterocycles. The largest absolute Gasteiger partial charge is 0.468 e. The summed E-state index contributed by atoms with van der Waals surface area (Å²) in [5, 5.41) is 12.1. The third kappa shape index (κ3) is 4.26. The molecule has 0 unspecified atom stereocenters. The molecule has 1 N–H and O–H groups in total. The number of hydrogen-bond acceptors (Lipinski definition) is 4. The van der Waals surface area contributed by atoms with Crippen LogP contribution in [0.3, 0.4) is 0 Å². The van der Waals surface area contributed by atoms with Gasteiger partial charge >= 0.3 is 0 Å². The molecular formula is C15H18N2O2. The Balaban J connectivity index is 2.05. The van der Waals surface area contributed by atoms with Gasteiger partial charge in [-0.3, -0.25) is 4.90 Å². The predicted octanol–water partition coefficient (Wildman–Crippen LogP) is 3.13. The average Bonchev–Trinajstić information content (AvgIpc) is 2.92. The maximum Gasteiger partial charge on any atom is 0.117 e. The zero-order valence-electron chi connectivity index (χ0n) is 11.0. The summed E-state index contributed by atoms with van der Waals surface area (Å²) in [6.45, 7) is 3.88. The Labute approximate surface area is 113 Å². The molecule has 0 bridgehead atoms. The molecule has 2 aromatic rings. The zero-order chi connectivity index (χ0) is 13.5. The monoisotopic (exact) mass is 258 g/mol. The first-order valence-electron chi connectivity index (χ1n) is 6.24. The lowest BCUT2D eigenvalue weighted by Gasteiger charge is -2.20. The smallest absolute Gasteiger partial charge is 0.117 e. The van der Waals surface area contributed by atoms with Gasteiger partial charge in [0.15, 0.2) is 0 Å². The summed E-state index contributed by atoms with van der Waals surface area (Å²) in [6.07, 6.45) is 1.67. The van der Waals surface area contributed by atoms with Crippen molar-refractivity contribution in [2.24, 2.45) is 5.16 Å². The maximum absolute atomic E-state index is 8.81. The highest BCUT2D eigenvalue weighted by Gasteiger charge is 2.10. The van der Waals surface area contributed by atoms with Crippen LogP contribution in [0.25, 0.3) is 0 Å². The SMILES string of the molecule is C/C(CN(Cc1ccccc1)Cc1ccco1)=N\O. The van der Waals surface area contributed by atoms with E-state index in [1.807, 2.05) is 30.3 Å². The minimum absolute atomic E-state index is 0.603. The van der Waals surface area contributed by atoms with Crippen molar-refractivity contribution in [2.75, 3.05) is 6.54 Å². The molecule has 4 heteroatoms. The average molecular weight is 258 g/mol. The standard InChI is InChI=1S/C15H18N2O2/c1-13(16-18)10-17(12-15-8-5-9-19-15)11-14-6-3-2-4-7-14/h2-9,18H,10-12H2,1H3/b16-13+. The van der Waals surface area contributed by atoms with Crippen LogP contribution in [0.1, 0.15) is 18.2 Å². The summed E-state index contributed by atoms with van der Waals surface area (Å²) in [4.78, 5) is 2.17. The van der Waals surface area contributed by atoms with E-state index >= 15 is 0 Å². The van der Waals surface area contributed by atoms with Crippen molar-refractivity contribution in [1.82, 2.24) is 4.90 Å². The molecule has 0 radical (unpaired) electrons. The third-order valence-electron chi connectivity index (χ3n) is 2.83. The van der Waals surface area contributed by atoms with E-state index in [4.69, 9.17) is 9.62 Å². The lowest BCUT2D eigenvalue weighted by atomic mass is 10.2. The van der Waals surface area contributed by atoms with Crippen LogP contribution in [0, 0.1) is 0 Å². The second kappa shape index (κ2) is 6.75. The van der Waals surface area contributed by atoms with E-state index in [9.17, 15) is 0 Å². The molecule has 0 amide bonds. The number of hydrogen-bond donors (Lipinski definition) is 1. The molecule has 0 spiro atoms. The zero-order valence-corrected chi connectivity index (χ0v) is 11.0. The summed E-state index contributed by atoms with van der Waals surface area (Å²) in [5.41, 5.74) is 1.90. The number of furan rings is 1. The van der Waals surface area contributed by atoms with Crippen molar-refractivity contribution in [2.45, 2.75) is 20.0 Å². The van der Waals surface area contributed by atoms with Gasteiger partial charge in [-0.05, 0) is 24.6 Å². The summed E-state index contributed by atoms with van der Waals surface area (Å²) < 4.78 is 5.37. The van der Waals surface area contributed by atoms with Gasteiger partial charge in [-0.2, -0.15) is 0 Å². The molecule has 2 rings (SSSR count). The Morgan fingerprint density at radius 2 is 1.95 bits per heavy atom. The van der Waals surface area contributed by atoms with Crippen LogP contribution < -0.4 is 0 Å². The molecule has 19 heavy (non-hydrogen) atoms. The first-order valence-corrected chi connectivity index (χ1v) is 6.24. The van der Waals surface area contributed by atoms with Crippen molar-refractivity contribution in [3.8, 4) is 0 Å². The molecule has 0 saturated heterocycles. The number of benzene rings is 1. The van der Waals surface area contributed by atoms with Crippen LogP contribution in [0.5, 0.6) is 0 Å². The number of oxime groups is 1. The minimum atomic E-state index is 0.603. The second-order valence-corrected chi connectivity index (χ2v) is 4.55. The first-order chi connectivity index (χ1) is 9.28. The Morgan fingerprint density at radius 3 is 2.58 bits per heavy atom. The van der Waals surface area contributed by atoms with E-state index in [0.29, 0.717) is 18.8 Å². The lowest BCUT2D eigenvalue weighted by Crippen LogP contribution is -2.27. The molecule has 0 fully saturated rings. The van der Waals surface area contributed by atoms with Gasteiger partial charge in [0, 0.05) is 13.1 Å². The lowest BCUT2D eigenvalue weighted by molar-refractivity contribution is 0.259. The fourth-order valence-corrected chi connectivity index (χ4v) is 1.99. The number of nitrogens with zero attached hydrogens (tertiary/aromatic N) is 2. The van der Waals surface area contributed by atoms with Gasteiger partial charge in [-0.25, -0.2) is 0 Å². The van der Waals surface area contributed by atoms with Crippen LogP contribution in [0.15, 0.2) is 58.3 Å². The van der Waals surface area contributed by atoms with Crippen LogP contribution in [-0.4, -0.2) is 22.4 Å². The molecule has 4 nitrogen and oxygen atoms in total. The molecule has 0 aliphatic rings. The van der Waals surface area contributed by atoms with Gasteiger partial charge in [0.1, 0.15) is 5.76 Å². The van der Waals surface area contributed by atoms with Gasteiger partial charge in [0.05, 0.1) is 18.5 Å². The summed E-state index contributed by atoms with van der Waals surface area (Å²) in [7, 11) is 0. The predicted molar refractivity (Wildman–Crippen MR) is 74.2 cm³/mol. The Morgan fingerprint density at radius 1 is 1.16 bits per heavy atom. The fraction of sp³-hybridized carbons (Fsp3) is 0.267.